The fourth-order valence-corrected chi connectivity index (χ4v) is 0. The summed E-state index contributed by atoms with van der Waals surface area (Å²) in [5.74, 6) is 0. The molecule has 44 valence electrons. The molecule has 0 radical (unpaired) electrons. The van der Waals surface area contributed by atoms with E-state index in [9.17, 15) is 0 Å². The SMILES string of the molecule is CNOC.NC=O. The van der Waals surface area contributed by atoms with Crippen molar-refractivity contribution in [3.63, 3.8) is 0 Å². The van der Waals surface area contributed by atoms with Crippen molar-refractivity contribution in [1.29, 1.82) is 0 Å². The summed E-state index contributed by atoms with van der Waals surface area (Å²) in [6.45, 7) is 0. The topological polar surface area (TPSA) is 64.3 Å². The first-order valence-corrected chi connectivity index (χ1v) is 1.68. The van der Waals surface area contributed by atoms with Crippen LogP contribution in [0.25, 0.3) is 0 Å². The van der Waals surface area contributed by atoms with Crippen LogP contribution in [0.1, 0.15) is 0 Å². The number of primary amides is 1. The molecule has 0 saturated carbocycles. The maximum Gasteiger partial charge on any atom is 0.204 e. The molecule has 1 amide bonds. The number of hydroxylamine groups is 1. The maximum atomic E-state index is 8.58. The summed E-state index contributed by atoms with van der Waals surface area (Å²) in [5, 5.41) is 0. The number of nitrogens with one attached hydrogen (secondary N) is 1. The highest BCUT2D eigenvalue weighted by molar-refractivity contribution is 5.42. The van der Waals surface area contributed by atoms with Gasteiger partial charge in [-0.15, -0.1) is 0 Å². The second kappa shape index (κ2) is 18.2. The monoisotopic (exact) mass is 106 g/mol. The van der Waals surface area contributed by atoms with E-state index in [0.29, 0.717) is 0 Å². The molecular weight excluding hydrogens is 96.0 g/mol. The third kappa shape index (κ3) is 407. The molecule has 0 fully saturated rings. The van der Waals surface area contributed by atoms with Crippen molar-refractivity contribution >= 4 is 6.41 Å². The number of carbonyl (C=O) groups excluding carboxylic acids is 1. The third-order valence-electron chi connectivity index (χ3n) is 0.204. The lowest BCUT2D eigenvalue weighted by molar-refractivity contribution is -0.106. The Bertz CT molecular complexity index is 30.1. The van der Waals surface area contributed by atoms with E-state index in [1.807, 2.05) is 0 Å². The predicted molar refractivity (Wildman–Crippen MR) is 26.3 cm³/mol. The Balaban J connectivity index is 0. The van der Waals surface area contributed by atoms with Gasteiger partial charge in [-0.25, -0.2) is 5.48 Å². The van der Waals surface area contributed by atoms with Crippen LogP contribution in [0.3, 0.4) is 0 Å². The predicted octanol–water partition coefficient (Wildman–Crippen LogP) is -1.13. The Kier molecular flexibility index (Phi) is 25.0. The minimum Gasteiger partial charge on any atom is -0.372 e. The lowest BCUT2D eigenvalue weighted by Gasteiger charge is -1.80. The Morgan fingerprint density at radius 1 is 1.86 bits per heavy atom. The first kappa shape index (κ1) is 9.63. The lowest BCUT2D eigenvalue weighted by atomic mass is 11.5. The van der Waals surface area contributed by atoms with Gasteiger partial charge in [0.1, 0.15) is 0 Å². The molecule has 0 aromatic heterocycles. The van der Waals surface area contributed by atoms with Gasteiger partial charge in [-0.1, -0.05) is 0 Å². The molecule has 0 aromatic rings. The van der Waals surface area contributed by atoms with Crippen LogP contribution in [-0.2, 0) is 9.63 Å². The van der Waals surface area contributed by atoms with Gasteiger partial charge in [-0.3, -0.25) is 4.79 Å². The highest BCUT2D eigenvalue weighted by atomic mass is 16.6. The van der Waals surface area contributed by atoms with Crippen molar-refractivity contribution in [2.75, 3.05) is 14.2 Å². The molecule has 0 spiro atoms. The van der Waals surface area contributed by atoms with Gasteiger partial charge in [0, 0.05) is 7.05 Å². The van der Waals surface area contributed by atoms with Gasteiger partial charge < -0.3 is 10.6 Å². The lowest BCUT2D eigenvalue weighted by Crippen LogP contribution is -2.00. The fraction of sp³-hybridized carbons (Fsp3) is 0.667. The molecular formula is C3H10N2O2. The van der Waals surface area contributed by atoms with Crippen LogP contribution in [0.15, 0.2) is 0 Å². The third-order valence-corrected chi connectivity index (χ3v) is 0.204. The Labute approximate surface area is 42.6 Å². The van der Waals surface area contributed by atoms with Crippen LogP contribution in [0.2, 0.25) is 0 Å². The number of rotatable bonds is 1. The molecule has 7 heavy (non-hydrogen) atoms. The van der Waals surface area contributed by atoms with Crippen LogP contribution in [-0.4, -0.2) is 20.6 Å². The van der Waals surface area contributed by atoms with Crippen LogP contribution in [0, 0.1) is 0 Å². The zero-order valence-corrected chi connectivity index (χ0v) is 4.47. The van der Waals surface area contributed by atoms with Gasteiger partial charge in [-0.05, 0) is 0 Å². The Morgan fingerprint density at radius 3 is 2.00 bits per heavy atom. The fourth-order valence-electron chi connectivity index (χ4n) is 0. The van der Waals surface area contributed by atoms with E-state index >= 15 is 0 Å². The molecule has 0 unspecified atom stereocenters. The van der Waals surface area contributed by atoms with Gasteiger partial charge in [0.25, 0.3) is 0 Å². The Morgan fingerprint density at radius 2 is 2.00 bits per heavy atom. The standard InChI is InChI=1S/C2H7NO.CH3NO/c1-3-4-2;2-1-3/h3H,1-2H3;1H,(H2,2,3). The molecule has 0 aliphatic rings. The van der Waals surface area contributed by atoms with Gasteiger partial charge in [0.2, 0.25) is 6.41 Å². The highest BCUT2D eigenvalue weighted by Gasteiger charge is 1.45. The Hall–Kier alpha value is -0.610. The van der Waals surface area contributed by atoms with Crippen molar-refractivity contribution in [1.82, 2.24) is 5.48 Å². The van der Waals surface area contributed by atoms with Crippen LogP contribution < -0.4 is 11.2 Å². The molecule has 0 heterocycles. The molecule has 0 rings (SSSR count). The summed E-state index contributed by atoms with van der Waals surface area (Å²) in [5.41, 5.74) is 6.60. The largest absolute Gasteiger partial charge is 0.372 e. The molecule has 0 aliphatic carbocycles. The first-order valence-electron chi connectivity index (χ1n) is 1.68. The number of nitrogens with two attached hydrogens (primary N) is 1. The molecule has 4 heteroatoms. The molecule has 0 saturated heterocycles. The summed E-state index contributed by atoms with van der Waals surface area (Å²) < 4.78 is 0. The minimum atomic E-state index is 0.250. The zero-order valence-electron chi connectivity index (χ0n) is 4.47. The average molecular weight is 106 g/mol. The van der Waals surface area contributed by atoms with Crippen molar-refractivity contribution in [3.8, 4) is 0 Å². The molecule has 0 atom stereocenters. The molecule has 4 nitrogen and oxygen atoms in total. The minimum absolute atomic E-state index is 0.250. The molecule has 0 aliphatic heterocycles. The van der Waals surface area contributed by atoms with Crippen LogP contribution >= 0.6 is 0 Å². The van der Waals surface area contributed by atoms with E-state index in [1.165, 1.54) is 0 Å². The summed E-state index contributed by atoms with van der Waals surface area (Å²) in [6, 6.07) is 0. The summed E-state index contributed by atoms with van der Waals surface area (Å²) in [6.07, 6.45) is 0.250. The number of amides is 1. The second-order valence-corrected chi connectivity index (χ2v) is 0.544. The summed E-state index contributed by atoms with van der Waals surface area (Å²) in [4.78, 5) is 12.9. The quantitative estimate of drug-likeness (QED) is 0.328. The van der Waals surface area contributed by atoms with Crippen molar-refractivity contribution in [2.45, 2.75) is 0 Å². The summed E-state index contributed by atoms with van der Waals surface area (Å²) in [7, 11) is 3.28. The van der Waals surface area contributed by atoms with Gasteiger partial charge in [0.05, 0.1) is 7.11 Å². The van der Waals surface area contributed by atoms with Crippen molar-refractivity contribution in [3.05, 3.63) is 0 Å². The van der Waals surface area contributed by atoms with E-state index in [2.05, 4.69) is 16.1 Å². The number of hydrogen-bond donors (Lipinski definition) is 2. The number of carbonyl (C=O) groups is 1. The van der Waals surface area contributed by atoms with Crippen molar-refractivity contribution in [2.24, 2.45) is 5.73 Å². The van der Waals surface area contributed by atoms with E-state index < -0.39 is 0 Å². The highest BCUT2D eigenvalue weighted by Crippen LogP contribution is 1.32. The van der Waals surface area contributed by atoms with Crippen LogP contribution in [0.4, 0.5) is 0 Å². The first-order chi connectivity index (χ1) is 3.33. The smallest absolute Gasteiger partial charge is 0.204 e. The zero-order chi connectivity index (χ0) is 6.12. The van der Waals surface area contributed by atoms with E-state index in [1.54, 1.807) is 14.2 Å². The maximum absolute atomic E-state index is 8.58. The molecule has 3 N–H and O–H groups in total. The summed E-state index contributed by atoms with van der Waals surface area (Å²) >= 11 is 0. The van der Waals surface area contributed by atoms with Gasteiger partial charge in [0.15, 0.2) is 0 Å². The van der Waals surface area contributed by atoms with E-state index in [0.717, 1.165) is 0 Å². The second-order valence-electron chi connectivity index (χ2n) is 0.544. The normalized spacial score (nSPS) is 6.00. The van der Waals surface area contributed by atoms with E-state index in [-0.39, 0.29) is 6.41 Å². The van der Waals surface area contributed by atoms with Gasteiger partial charge >= 0.3 is 0 Å². The molecule has 0 bridgehead atoms. The van der Waals surface area contributed by atoms with Crippen LogP contribution in [0.5, 0.6) is 0 Å². The van der Waals surface area contributed by atoms with Crippen molar-refractivity contribution < 1.29 is 9.63 Å². The van der Waals surface area contributed by atoms with E-state index in [4.69, 9.17) is 4.79 Å². The van der Waals surface area contributed by atoms with Gasteiger partial charge in [-0.2, -0.15) is 0 Å². The molecule has 0 aromatic carbocycles. The number of hydrogen-bond acceptors (Lipinski definition) is 3. The average Bonchev–Trinajstić information content (AvgIpc) is 1.69.